The van der Waals surface area contributed by atoms with Crippen molar-refractivity contribution >= 4 is 11.5 Å². The minimum absolute atomic E-state index is 0.0812. The van der Waals surface area contributed by atoms with Gasteiger partial charge < -0.3 is 5.32 Å². The second-order valence-electron chi connectivity index (χ2n) is 6.37. The molecule has 1 atom stereocenters. The van der Waals surface area contributed by atoms with Crippen molar-refractivity contribution in [3.8, 4) is 0 Å². The van der Waals surface area contributed by atoms with Gasteiger partial charge in [-0.3, -0.25) is 15.0 Å². The average Bonchev–Trinajstić information content (AvgIpc) is 2.82. The van der Waals surface area contributed by atoms with Crippen molar-refractivity contribution in [1.82, 2.24) is 14.7 Å². The molecule has 7 heteroatoms. The molecule has 1 unspecified atom stereocenters. The first kappa shape index (κ1) is 16.4. The zero-order valence-electron chi connectivity index (χ0n) is 14.1. The molecule has 2 aromatic rings. The molecule has 1 aromatic heterocycles. The third-order valence-corrected chi connectivity index (χ3v) is 4.47. The lowest BCUT2D eigenvalue weighted by atomic mass is 10.0. The Balaban J connectivity index is 1.69. The minimum atomic E-state index is -0.352. The van der Waals surface area contributed by atoms with E-state index in [1.807, 2.05) is 6.07 Å². The fourth-order valence-corrected chi connectivity index (χ4v) is 3.38. The molecule has 128 valence electrons. The molecule has 0 saturated carbocycles. The van der Waals surface area contributed by atoms with Gasteiger partial charge in [-0.1, -0.05) is 30.3 Å². The highest BCUT2D eigenvalue weighted by molar-refractivity contribution is 5.59. The maximum atomic E-state index is 11.3. The zero-order chi connectivity index (χ0) is 17.1. The van der Waals surface area contributed by atoms with Gasteiger partial charge in [0.15, 0.2) is 0 Å². The van der Waals surface area contributed by atoms with Gasteiger partial charge >= 0.3 is 5.69 Å². The van der Waals surface area contributed by atoms with Crippen LogP contribution < -0.4 is 5.32 Å². The molecule has 3 rings (SSSR count). The topological polar surface area (TPSA) is 76.2 Å². The molecule has 0 aliphatic carbocycles. The summed E-state index contributed by atoms with van der Waals surface area (Å²) in [6.07, 6.45) is 2.09. The Bertz CT molecular complexity index is 713. The van der Waals surface area contributed by atoms with E-state index in [0.717, 1.165) is 32.5 Å². The van der Waals surface area contributed by atoms with E-state index >= 15 is 0 Å². The fourth-order valence-electron chi connectivity index (χ4n) is 3.38. The summed E-state index contributed by atoms with van der Waals surface area (Å²) in [5, 5.41) is 18.8. The highest BCUT2D eigenvalue weighted by Gasteiger charge is 2.28. The molecule has 1 saturated heterocycles. The van der Waals surface area contributed by atoms with Crippen LogP contribution >= 0.6 is 0 Å². The lowest BCUT2D eigenvalue weighted by molar-refractivity contribution is -0.384. The number of likely N-dealkylation sites (tertiary alicyclic amines) is 1. The molecule has 1 aliphatic rings. The SMILES string of the molecule is Cc1nn(C)c(NC2CCCN(Cc3ccccc3)C2)c1[N+](=O)[O-]. The van der Waals surface area contributed by atoms with E-state index in [1.54, 1.807) is 18.7 Å². The predicted molar refractivity (Wildman–Crippen MR) is 93.0 cm³/mol. The molecule has 0 spiro atoms. The summed E-state index contributed by atoms with van der Waals surface area (Å²) in [4.78, 5) is 13.3. The quantitative estimate of drug-likeness (QED) is 0.674. The maximum absolute atomic E-state index is 11.3. The van der Waals surface area contributed by atoms with E-state index in [9.17, 15) is 10.1 Å². The smallest absolute Gasteiger partial charge is 0.333 e. The Morgan fingerprint density at radius 3 is 2.83 bits per heavy atom. The molecule has 0 amide bonds. The van der Waals surface area contributed by atoms with Gasteiger partial charge in [-0.2, -0.15) is 5.10 Å². The van der Waals surface area contributed by atoms with Crippen LogP contribution in [0.1, 0.15) is 24.1 Å². The Morgan fingerprint density at radius 2 is 2.12 bits per heavy atom. The summed E-state index contributed by atoms with van der Waals surface area (Å²) in [5.41, 5.74) is 1.82. The number of hydrogen-bond acceptors (Lipinski definition) is 5. The molecule has 0 bridgehead atoms. The summed E-state index contributed by atoms with van der Waals surface area (Å²) in [5.74, 6) is 0.504. The van der Waals surface area contributed by atoms with Gasteiger partial charge in [0.05, 0.1) is 4.92 Å². The van der Waals surface area contributed by atoms with E-state index in [-0.39, 0.29) is 16.7 Å². The number of aryl methyl sites for hydroxylation is 2. The van der Waals surface area contributed by atoms with Crippen molar-refractivity contribution < 1.29 is 4.92 Å². The van der Waals surface area contributed by atoms with Crippen molar-refractivity contribution in [2.75, 3.05) is 18.4 Å². The molecule has 24 heavy (non-hydrogen) atoms. The van der Waals surface area contributed by atoms with Crippen LogP contribution in [-0.4, -0.2) is 38.7 Å². The molecular weight excluding hydrogens is 306 g/mol. The third kappa shape index (κ3) is 3.56. The summed E-state index contributed by atoms with van der Waals surface area (Å²) < 4.78 is 1.57. The number of nitrogens with one attached hydrogen (secondary N) is 1. The van der Waals surface area contributed by atoms with Crippen LogP contribution in [0.25, 0.3) is 0 Å². The molecule has 0 radical (unpaired) electrons. The molecule has 2 heterocycles. The number of aromatic nitrogens is 2. The number of anilines is 1. The van der Waals surface area contributed by atoms with E-state index < -0.39 is 0 Å². The monoisotopic (exact) mass is 329 g/mol. The number of nitrogens with zero attached hydrogens (tertiary/aromatic N) is 4. The number of rotatable bonds is 5. The van der Waals surface area contributed by atoms with Crippen molar-refractivity contribution in [2.45, 2.75) is 32.4 Å². The number of nitro groups is 1. The first-order valence-corrected chi connectivity index (χ1v) is 8.25. The lowest BCUT2D eigenvalue weighted by Gasteiger charge is -2.33. The summed E-state index contributed by atoms with van der Waals surface area (Å²) in [7, 11) is 1.74. The molecule has 7 nitrogen and oxygen atoms in total. The molecule has 1 N–H and O–H groups in total. The Morgan fingerprint density at radius 1 is 1.38 bits per heavy atom. The second-order valence-corrected chi connectivity index (χ2v) is 6.37. The molecule has 1 aliphatic heterocycles. The first-order valence-electron chi connectivity index (χ1n) is 8.25. The van der Waals surface area contributed by atoms with Gasteiger partial charge in [-0.05, 0) is 31.9 Å². The van der Waals surface area contributed by atoms with Crippen LogP contribution in [0.3, 0.4) is 0 Å². The van der Waals surface area contributed by atoms with Gasteiger partial charge in [0, 0.05) is 26.2 Å². The van der Waals surface area contributed by atoms with Crippen LogP contribution in [0.4, 0.5) is 11.5 Å². The van der Waals surface area contributed by atoms with Crippen molar-refractivity contribution in [3.05, 3.63) is 51.7 Å². The molecule has 1 fully saturated rings. The van der Waals surface area contributed by atoms with Crippen molar-refractivity contribution in [1.29, 1.82) is 0 Å². The van der Waals surface area contributed by atoms with Crippen molar-refractivity contribution in [2.24, 2.45) is 7.05 Å². The van der Waals surface area contributed by atoms with Gasteiger partial charge in [0.25, 0.3) is 0 Å². The van der Waals surface area contributed by atoms with Crippen LogP contribution in [0.2, 0.25) is 0 Å². The third-order valence-electron chi connectivity index (χ3n) is 4.47. The van der Waals surface area contributed by atoms with Crippen LogP contribution in [-0.2, 0) is 13.6 Å². The number of piperidine rings is 1. The van der Waals surface area contributed by atoms with Crippen LogP contribution in [0.5, 0.6) is 0 Å². The van der Waals surface area contributed by atoms with Crippen LogP contribution in [0.15, 0.2) is 30.3 Å². The van der Waals surface area contributed by atoms with E-state index in [4.69, 9.17) is 0 Å². The highest BCUT2D eigenvalue weighted by Crippen LogP contribution is 2.29. The summed E-state index contributed by atoms with van der Waals surface area (Å²) in [6.45, 7) is 4.51. The van der Waals surface area contributed by atoms with Gasteiger partial charge in [0.1, 0.15) is 5.69 Å². The zero-order valence-corrected chi connectivity index (χ0v) is 14.1. The molecule has 1 aromatic carbocycles. The Hall–Kier alpha value is -2.41. The largest absolute Gasteiger partial charge is 0.361 e. The maximum Gasteiger partial charge on any atom is 0.333 e. The Labute approximate surface area is 141 Å². The second kappa shape index (κ2) is 7.00. The highest BCUT2D eigenvalue weighted by atomic mass is 16.6. The first-order chi connectivity index (χ1) is 11.5. The normalized spacial score (nSPS) is 18.5. The van der Waals surface area contributed by atoms with Crippen molar-refractivity contribution in [3.63, 3.8) is 0 Å². The Kier molecular flexibility index (Phi) is 4.80. The van der Waals surface area contributed by atoms with Gasteiger partial charge in [-0.25, -0.2) is 4.68 Å². The van der Waals surface area contributed by atoms with E-state index in [0.29, 0.717) is 11.5 Å². The summed E-state index contributed by atoms with van der Waals surface area (Å²) >= 11 is 0. The average molecular weight is 329 g/mol. The van der Waals surface area contributed by atoms with Crippen LogP contribution in [0, 0.1) is 17.0 Å². The number of hydrogen-bond donors (Lipinski definition) is 1. The molecular formula is C17H23N5O2. The minimum Gasteiger partial charge on any atom is -0.361 e. The van der Waals surface area contributed by atoms with Gasteiger partial charge in [0.2, 0.25) is 5.82 Å². The lowest BCUT2D eigenvalue weighted by Crippen LogP contribution is -2.42. The fraction of sp³-hybridized carbons (Fsp3) is 0.471. The summed E-state index contributed by atoms with van der Waals surface area (Å²) in [6, 6.07) is 10.6. The van der Waals surface area contributed by atoms with E-state index in [1.165, 1.54) is 5.56 Å². The number of benzene rings is 1. The van der Waals surface area contributed by atoms with E-state index in [2.05, 4.69) is 39.6 Å². The van der Waals surface area contributed by atoms with Gasteiger partial charge in [-0.15, -0.1) is 0 Å². The predicted octanol–water partition coefficient (Wildman–Crippen LogP) is 2.71. The standard InChI is InChI=1S/C17H23N5O2/c1-13-16(22(23)24)17(20(2)19-13)18-15-9-6-10-21(12-15)11-14-7-4-3-5-8-14/h3-5,7-8,15,18H,6,9-12H2,1-2H3.